The molecule has 226 valence electrons. The van der Waals surface area contributed by atoms with E-state index in [1.54, 1.807) is 32.9 Å². The van der Waals surface area contributed by atoms with E-state index in [9.17, 15) is 24.0 Å². The molecule has 1 aromatic heterocycles. The minimum Gasteiger partial charge on any atom is -0.456 e. The predicted octanol–water partition coefficient (Wildman–Crippen LogP) is 3.68. The van der Waals surface area contributed by atoms with E-state index >= 15 is 0 Å². The second kappa shape index (κ2) is 18.1. The fourth-order valence-corrected chi connectivity index (χ4v) is 4.75. The number of aromatic nitrogens is 2. The maximum Gasteiger partial charge on any atom is 0.329 e. The Balaban J connectivity index is 2.09. The average molecular weight is 590 g/mol. The number of hydrogen-bond donors (Lipinski definition) is 4. The second-order valence-electron chi connectivity index (χ2n) is 10.2. The number of nitrogens with zero attached hydrogens (tertiary/aromatic N) is 1. The summed E-state index contributed by atoms with van der Waals surface area (Å²) in [5.74, 6) is -1.75. The maximum absolute atomic E-state index is 13.1. The highest BCUT2D eigenvalue weighted by Gasteiger charge is 2.30. The molecule has 1 aliphatic heterocycles. The van der Waals surface area contributed by atoms with Crippen molar-refractivity contribution in [3.05, 3.63) is 41.6 Å². The smallest absolute Gasteiger partial charge is 0.329 e. The Kier molecular flexibility index (Phi) is 14.9. The molecule has 12 heteroatoms. The van der Waals surface area contributed by atoms with Gasteiger partial charge in [0.15, 0.2) is 5.12 Å². The van der Waals surface area contributed by atoms with Gasteiger partial charge in [0.1, 0.15) is 29.4 Å². The average Bonchev–Trinajstić information content (AvgIpc) is 3.41. The summed E-state index contributed by atoms with van der Waals surface area (Å²) in [5.41, 5.74) is 0.0800. The molecule has 41 heavy (non-hydrogen) atoms. The van der Waals surface area contributed by atoms with E-state index in [1.165, 1.54) is 36.9 Å². The number of imidazole rings is 1. The molecule has 0 aromatic carbocycles. The molecular formula is C29H43N5O6S. The number of cyclic esters (lactones) is 1. The molecule has 2 heterocycles. The number of ether oxygens (including phenoxy) is 1. The number of hydrogen-bond acceptors (Lipinski definition) is 8. The number of allylic oxidation sites excluding steroid dienone is 2. The molecule has 0 aliphatic carbocycles. The molecule has 0 fully saturated rings. The van der Waals surface area contributed by atoms with E-state index in [0.717, 1.165) is 19.3 Å². The molecule has 4 N–H and O–H groups in total. The molecule has 0 radical (unpaired) electrons. The lowest BCUT2D eigenvalue weighted by Crippen LogP contribution is -2.48. The molecule has 2 bridgehead atoms. The van der Waals surface area contributed by atoms with Gasteiger partial charge in [0.05, 0.1) is 19.2 Å². The molecule has 0 unspecified atom stereocenters. The topological polar surface area (TPSA) is 159 Å². The van der Waals surface area contributed by atoms with Gasteiger partial charge in [-0.2, -0.15) is 0 Å². The van der Waals surface area contributed by atoms with Crippen molar-refractivity contribution in [1.82, 2.24) is 25.9 Å². The Labute approximate surface area is 246 Å². The number of fused-ring (bicyclic) bond motifs is 2. The van der Waals surface area contributed by atoms with Crippen LogP contribution in [0.1, 0.15) is 95.4 Å². The van der Waals surface area contributed by atoms with Gasteiger partial charge in [-0.15, -0.1) is 0 Å². The lowest BCUT2D eigenvalue weighted by molar-refractivity contribution is -0.153. The quantitative estimate of drug-likeness (QED) is 0.132. The zero-order chi connectivity index (χ0) is 30.2. The summed E-state index contributed by atoms with van der Waals surface area (Å²) >= 11 is 1.28. The third kappa shape index (κ3) is 12.3. The first-order chi connectivity index (χ1) is 19.6. The first-order valence-electron chi connectivity index (χ1n) is 14.3. The van der Waals surface area contributed by atoms with Gasteiger partial charge in [-0.25, -0.2) is 9.78 Å². The highest BCUT2D eigenvalue weighted by atomic mass is 32.2. The van der Waals surface area contributed by atoms with Gasteiger partial charge in [0.2, 0.25) is 5.91 Å². The van der Waals surface area contributed by atoms with Crippen molar-refractivity contribution in [2.75, 3.05) is 5.75 Å². The second-order valence-corrected chi connectivity index (χ2v) is 11.3. The van der Waals surface area contributed by atoms with Crippen molar-refractivity contribution in [1.29, 1.82) is 0 Å². The first-order valence-corrected chi connectivity index (χ1v) is 15.2. The molecule has 0 saturated carbocycles. The van der Waals surface area contributed by atoms with Crippen LogP contribution in [0, 0.1) is 5.92 Å². The van der Waals surface area contributed by atoms with Crippen molar-refractivity contribution >= 4 is 40.6 Å². The number of amides is 3. The van der Waals surface area contributed by atoms with Crippen molar-refractivity contribution in [3.8, 4) is 0 Å². The van der Waals surface area contributed by atoms with Crippen molar-refractivity contribution in [2.45, 2.75) is 97.8 Å². The Bertz CT molecular complexity index is 1110. The Morgan fingerprint density at radius 2 is 1.90 bits per heavy atom. The van der Waals surface area contributed by atoms with Crippen LogP contribution in [-0.2, 0) is 30.5 Å². The molecule has 3 amide bonds. The summed E-state index contributed by atoms with van der Waals surface area (Å²) in [6.07, 6.45) is 11.7. The van der Waals surface area contributed by atoms with Crippen LogP contribution in [-0.4, -0.2) is 56.7 Å². The van der Waals surface area contributed by atoms with Gasteiger partial charge < -0.3 is 25.7 Å². The zero-order valence-electron chi connectivity index (χ0n) is 24.4. The zero-order valence-corrected chi connectivity index (χ0v) is 25.2. The number of carbonyl (C=O) groups is 5. The summed E-state index contributed by atoms with van der Waals surface area (Å²) in [6, 6.07) is -1.02. The van der Waals surface area contributed by atoms with Gasteiger partial charge in [0.25, 0.3) is 11.8 Å². The minimum atomic E-state index is -1.02. The molecule has 0 saturated heterocycles. The van der Waals surface area contributed by atoms with Crippen LogP contribution in [0.3, 0.4) is 0 Å². The van der Waals surface area contributed by atoms with Gasteiger partial charge in [-0.1, -0.05) is 70.4 Å². The molecule has 11 nitrogen and oxygen atoms in total. The van der Waals surface area contributed by atoms with Crippen LogP contribution >= 0.6 is 11.8 Å². The summed E-state index contributed by atoms with van der Waals surface area (Å²) in [7, 11) is 0. The van der Waals surface area contributed by atoms with E-state index in [-0.39, 0.29) is 35.4 Å². The van der Waals surface area contributed by atoms with Crippen LogP contribution in [0.25, 0.3) is 0 Å². The van der Waals surface area contributed by atoms with Crippen molar-refractivity contribution in [3.63, 3.8) is 0 Å². The SMILES string of the molecule is CC=C1NC(=O)c2cnc([nH]2)CNC(=O)C[C@@H](C=CCCSC(=O)CCCCCCC)OC(=O)[C@H](C(C)C)NC1=O. The maximum atomic E-state index is 13.1. The van der Waals surface area contributed by atoms with Gasteiger partial charge >= 0.3 is 5.97 Å². The highest BCUT2D eigenvalue weighted by Crippen LogP contribution is 2.14. The lowest BCUT2D eigenvalue weighted by atomic mass is 10.0. The third-order valence-corrected chi connectivity index (χ3v) is 7.32. The summed E-state index contributed by atoms with van der Waals surface area (Å²) in [4.78, 5) is 70.4. The fourth-order valence-electron chi connectivity index (χ4n) is 3.98. The Morgan fingerprint density at radius 3 is 2.61 bits per heavy atom. The third-order valence-electron chi connectivity index (χ3n) is 6.35. The molecule has 2 rings (SSSR count). The lowest BCUT2D eigenvalue weighted by Gasteiger charge is -2.24. The molecule has 1 aromatic rings. The number of aromatic amines is 1. The molecule has 1 aliphatic rings. The number of esters is 1. The van der Waals surface area contributed by atoms with Crippen molar-refractivity contribution in [2.24, 2.45) is 5.92 Å². The van der Waals surface area contributed by atoms with Crippen LogP contribution < -0.4 is 16.0 Å². The van der Waals surface area contributed by atoms with E-state index in [1.807, 2.05) is 0 Å². The number of thioether (sulfide) groups is 1. The molecule has 0 spiro atoms. The number of carbonyl (C=O) groups excluding carboxylic acids is 5. The number of rotatable bonds is 11. The largest absolute Gasteiger partial charge is 0.456 e. The highest BCUT2D eigenvalue weighted by molar-refractivity contribution is 8.13. The molecular weight excluding hydrogens is 546 g/mol. The van der Waals surface area contributed by atoms with E-state index in [2.05, 4.69) is 32.8 Å². The van der Waals surface area contributed by atoms with Gasteiger partial charge in [-0.05, 0) is 31.8 Å². The summed E-state index contributed by atoms with van der Waals surface area (Å²) in [6.45, 7) is 7.27. The van der Waals surface area contributed by atoms with Crippen LogP contribution in [0.15, 0.2) is 30.1 Å². The first kappa shape index (κ1) is 33.8. The standard InChI is InChI=1S/C29H43N5O6S/c1-5-7-8-9-10-14-25(36)41-15-12-11-13-20-16-24(35)31-18-23-30-17-22(32-23)28(38)33-21(6-2)27(37)34-26(19(3)4)29(39)40-20/h6,11,13,17,19-20,26H,5,7-10,12,14-16,18H2,1-4H3,(H,30,32)(H,31,35)(H,33,38)(H,34,37)/t20-,26+/m1/s1. The van der Waals surface area contributed by atoms with E-state index in [0.29, 0.717) is 24.4 Å². The summed E-state index contributed by atoms with van der Waals surface area (Å²) in [5, 5.41) is 8.02. The van der Waals surface area contributed by atoms with E-state index in [4.69, 9.17) is 4.74 Å². The predicted molar refractivity (Wildman–Crippen MR) is 158 cm³/mol. The Hall–Kier alpha value is -3.41. The minimum absolute atomic E-state index is 0.0271. The fraction of sp³-hybridized carbons (Fsp3) is 0.586. The number of nitrogens with one attached hydrogen (secondary N) is 4. The van der Waals surface area contributed by atoms with Crippen molar-refractivity contribution < 1.29 is 28.7 Å². The van der Waals surface area contributed by atoms with Crippen LogP contribution in [0.5, 0.6) is 0 Å². The van der Waals surface area contributed by atoms with Gasteiger partial charge in [-0.3, -0.25) is 19.2 Å². The van der Waals surface area contributed by atoms with Gasteiger partial charge in [0, 0.05) is 12.2 Å². The van der Waals surface area contributed by atoms with Crippen LogP contribution in [0.4, 0.5) is 0 Å². The number of H-pyrrole nitrogens is 1. The van der Waals surface area contributed by atoms with Crippen LogP contribution in [0.2, 0.25) is 0 Å². The normalized spacial score (nSPS) is 20.2. The number of unbranched alkanes of at least 4 members (excludes halogenated alkanes) is 4. The Morgan fingerprint density at radius 1 is 1.15 bits per heavy atom. The van der Waals surface area contributed by atoms with E-state index < -0.39 is 35.8 Å². The monoisotopic (exact) mass is 589 g/mol. The molecule has 2 atom stereocenters. The summed E-state index contributed by atoms with van der Waals surface area (Å²) < 4.78 is 5.67.